The molecule has 0 aromatic heterocycles. The SMILES string of the molecule is CC1CN(C(=O)c2ccc(I)c(Cl)c2)CC(C)N1C. The number of likely N-dealkylation sites (N-methyl/N-ethyl adjacent to an activating group) is 1. The Kier molecular flexibility index (Phi) is 4.74. The van der Waals surface area contributed by atoms with E-state index in [0.29, 0.717) is 22.7 Å². The van der Waals surface area contributed by atoms with Gasteiger partial charge in [0.1, 0.15) is 0 Å². The number of carbonyl (C=O) groups excluding carboxylic acids is 1. The van der Waals surface area contributed by atoms with Crippen LogP contribution in [0.1, 0.15) is 24.2 Å². The van der Waals surface area contributed by atoms with E-state index in [2.05, 4.69) is 48.4 Å². The molecule has 1 aromatic rings. The van der Waals surface area contributed by atoms with E-state index in [1.54, 1.807) is 6.07 Å². The monoisotopic (exact) mass is 392 g/mol. The lowest BCUT2D eigenvalue weighted by Gasteiger charge is -2.42. The summed E-state index contributed by atoms with van der Waals surface area (Å²) in [4.78, 5) is 16.7. The van der Waals surface area contributed by atoms with Gasteiger partial charge >= 0.3 is 0 Å². The average Bonchev–Trinajstić information content (AvgIpc) is 2.37. The Morgan fingerprint density at radius 2 is 1.89 bits per heavy atom. The zero-order chi connectivity index (χ0) is 14.2. The molecule has 1 saturated heterocycles. The van der Waals surface area contributed by atoms with E-state index in [9.17, 15) is 4.79 Å². The molecule has 1 fully saturated rings. The van der Waals surface area contributed by atoms with E-state index < -0.39 is 0 Å². The van der Waals surface area contributed by atoms with Crippen LogP contribution in [0.15, 0.2) is 18.2 Å². The fourth-order valence-electron chi connectivity index (χ4n) is 2.38. The van der Waals surface area contributed by atoms with Gasteiger partial charge in [0.15, 0.2) is 0 Å². The molecule has 0 saturated carbocycles. The largest absolute Gasteiger partial charge is 0.336 e. The maximum absolute atomic E-state index is 12.5. The first-order valence-corrected chi connectivity index (χ1v) is 7.82. The van der Waals surface area contributed by atoms with Crippen molar-refractivity contribution in [2.75, 3.05) is 20.1 Å². The number of hydrogen-bond donors (Lipinski definition) is 0. The molecule has 3 nitrogen and oxygen atoms in total. The van der Waals surface area contributed by atoms with Crippen molar-refractivity contribution in [3.05, 3.63) is 32.4 Å². The van der Waals surface area contributed by atoms with E-state index >= 15 is 0 Å². The van der Waals surface area contributed by atoms with E-state index in [1.165, 1.54) is 0 Å². The summed E-state index contributed by atoms with van der Waals surface area (Å²) in [5, 5.41) is 0.640. The minimum atomic E-state index is 0.0742. The Hall–Kier alpha value is -0.330. The number of nitrogens with zero attached hydrogens (tertiary/aromatic N) is 2. The number of rotatable bonds is 1. The predicted octanol–water partition coefficient (Wildman–Crippen LogP) is 3.11. The summed E-state index contributed by atoms with van der Waals surface area (Å²) >= 11 is 8.26. The van der Waals surface area contributed by atoms with Crippen LogP contribution in [-0.2, 0) is 0 Å². The van der Waals surface area contributed by atoms with Gasteiger partial charge in [-0.05, 0) is 61.7 Å². The van der Waals surface area contributed by atoms with E-state index in [4.69, 9.17) is 11.6 Å². The molecule has 1 heterocycles. The van der Waals surface area contributed by atoms with E-state index in [-0.39, 0.29) is 5.91 Å². The fourth-order valence-corrected chi connectivity index (χ4v) is 2.90. The summed E-state index contributed by atoms with van der Waals surface area (Å²) in [6, 6.07) is 6.26. The lowest BCUT2D eigenvalue weighted by atomic mass is 10.1. The molecule has 0 aliphatic carbocycles. The van der Waals surface area contributed by atoms with Gasteiger partial charge in [-0.1, -0.05) is 11.6 Å². The molecule has 5 heteroatoms. The molecule has 2 rings (SSSR count). The van der Waals surface area contributed by atoms with Crippen molar-refractivity contribution < 1.29 is 4.79 Å². The number of halogens is 2. The summed E-state index contributed by atoms with van der Waals surface area (Å²) < 4.78 is 0.968. The van der Waals surface area contributed by atoms with Gasteiger partial charge in [-0.25, -0.2) is 0 Å². The molecule has 0 radical (unpaired) electrons. The van der Waals surface area contributed by atoms with Crippen molar-refractivity contribution in [3.8, 4) is 0 Å². The maximum atomic E-state index is 12.5. The highest BCUT2D eigenvalue weighted by Crippen LogP contribution is 2.22. The summed E-state index contributed by atoms with van der Waals surface area (Å²) in [5.74, 6) is 0.0742. The van der Waals surface area contributed by atoms with Gasteiger partial charge in [0.05, 0.1) is 5.02 Å². The first-order valence-electron chi connectivity index (χ1n) is 6.36. The van der Waals surface area contributed by atoms with E-state index in [0.717, 1.165) is 16.7 Å². The Balaban J connectivity index is 2.17. The van der Waals surface area contributed by atoms with Crippen LogP contribution in [0.5, 0.6) is 0 Å². The fraction of sp³-hybridized carbons (Fsp3) is 0.500. The van der Waals surface area contributed by atoms with Crippen molar-refractivity contribution in [3.63, 3.8) is 0 Å². The van der Waals surface area contributed by atoms with Crippen LogP contribution in [0, 0.1) is 3.57 Å². The lowest BCUT2D eigenvalue weighted by Crippen LogP contribution is -2.56. The zero-order valence-corrected chi connectivity index (χ0v) is 14.3. The number of piperazine rings is 1. The highest BCUT2D eigenvalue weighted by atomic mass is 127. The first kappa shape index (κ1) is 15.1. The second-order valence-electron chi connectivity index (χ2n) is 5.20. The van der Waals surface area contributed by atoms with Crippen LogP contribution in [0.3, 0.4) is 0 Å². The number of hydrogen-bond acceptors (Lipinski definition) is 2. The average molecular weight is 393 g/mol. The van der Waals surface area contributed by atoms with Crippen LogP contribution in [-0.4, -0.2) is 47.9 Å². The third kappa shape index (κ3) is 3.23. The topological polar surface area (TPSA) is 23.6 Å². The van der Waals surface area contributed by atoms with Gasteiger partial charge in [0.2, 0.25) is 0 Å². The Morgan fingerprint density at radius 1 is 1.32 bits per heavy atom. The predicted molar refractivity (Wildman–Crippen MR) is 86.8 cm³/mol. The molecule has 0 bridgehead atoms. The summed E-state index contributed by atoms with van der Waals surface area (Å²) in [7, 11) is 2.11. The number of amides is 1. The lowest BCUT2D eigenvalue weighted by molar-refractivity contribution is 0.0414. The second kappa shape index (κ2) is 5.97. The standard InChI is InChI=1S/C14H18ClIN2O/c1-9-7-18(8-10(2)17(9)3)14(19)11-4-5-13(16)12(15)6-11/h4-6,9-10H,7-8H2,1-3H3. The molecule has 19 heavy (non-hydrogen) atoms. The van der Waals surface area contributed by atoms with Crippen LogP contribution in [0.25, 0.3) is 0 Å². The van der Waals surface area contributed by atoms with Gasteiger partial charge in [0.25, 0.3) is 5.91 Å². The zero-order valence-electron chi connectivity index (χ0n) is 11.4. The molecular formula is C14H18ClIN2O. The van der Waals surface area contributed by atoms with Crippen LogP contribution in [0.2, 0.25) is 5.02 Å². The van der Waals surface area contributed by atoms with Gasteiger partial charge in [0, 0.05) is 34.3 Å². The van der Waals surface area contributed by atoms with Crippen molar-refractivity contribution in [2.24, 2.45) is 0 Å². The van der Waals surface area contributed by atoms with Gasteiger partial charge in [-0.2, -0.15) is 0 Å². The summed E-state index contributed by atoms with van der Waals surface area (Å²) in [6.45, 7) is 5.83. The molecule has 1 amide bonds. The second-order valence-corrected chi connectivity index (χ2v) is 6.77. The van der Waals surface area contributed by atoms with Crippen LogP contribution >= 0.6 is 34.2 Å². The molecule has 0 spiro atoms. The molecule has 1 aliphatic heterocycles. The smallest absolute Gasteiger partial charge is 0.254 e. The molecule has 2 unspecified atom stereocenters. The highest BCUT2D eigenvalue weighted by molar-refractivity contribution is 14.1. The quantitative estimate of drug-likeness (QED) is 0.686. The molecule has 2 atom stereocenters. The third-order valence-corrected chi connectivity index (χ3v) is 5.39. The molecule has 1 aliphatic rings. The van der Waals surface area contributed by atoms with E-state index in [1.807, 2.05) is 17.0 Å². The van der Waals surface area contributed by atoms with Crippen LogP contribution in [0.4, 0.5) is 0 Å². The normalized spacial score (nSPS) is 24.6. The maximum Gasteiger partial charge on any atom is 0.254 e. The van der Waals surface area contributed by atoms with Gasteiger partial charge in [-0.15, -0.1) is 0 Å². The van der Waals surface area contributed by atoms with Crippen molar-refractivity contribution in [1.82, 2.24) is 9.80 Å². The molecule has 1 aromatic carbocycles. The van der Waals surface area contributed by atoms with Gasteiger partial charge < -0.3 is 4.90 Å². The molecular weight excluding hydrogens is 375 g/mol. The minimum absolute atomic E-state index is 0.0742. The highest BCUT2D eigenvalue weighted by Gasteiger charge is 2.29. The molecule has 104 valence electrons. The number of carbonyl (C=O) groups is 1. The van der Waals surface area contributed by atoms with Crippen LogP contribution < -0.4 is 0 Å². The minimum Gasteiger partial charge on any atom is -0.336 e. The third-order valence-electron chi connectivity index (χ3n) is 3.81. The number of benzene rings is 1. The van der Waals surface area contributed by atoms with Gasteiger partial charge in [-0.3, -0.25) is 9.69 Å². The summed E-state index contributed by atoms with van der Waals surface area (Å²) in [5.41, 5.74) is 0.675. The first-order chi connectivity index (χ1) is 8.90. The Labute approximate surface area is 133 Å². The Morgan fingerprint density at radius 3 is 2.42 bits per heavy atom. The molecule has 0 N–H and O–H groups in total. The van der Waals surface area contributed by atoms with Crippen molar-refractivity contribution in [2.45, 2.75) is 25.9 Å². The summed E-state index contributed by atoms with van der Waals surface area (Å²) in [6.07, 6.45) is 0. The Bertz CT molecular complexity index is 482. The van der Waals surface area contributed by atoms with Crippen molar-refractivity contribution in [1.29, 1.82) is 0 Å². The van der Waals surface area contributed by atoms with Crippen molar-refractivity contribution >= 4 is 40.1 Å².